The molecule has 2 heteroatoms. The highest BCUT2D eigenvalue weighted by Crippen LogP contribution is 2.17. The first-order valence-electron chi connectivity index (χ1n) is 4.42. The SMILES string of the molecule is C=C(C)c1ncc(O)cc1C.CC. The summed E-state index contributed by atoms with van der Waals surface area (Å²) < 4.78 is 0. The molecule has 0 bridgehead atoms. The number of aromatic nitrogens is 1. The summed E-state index contributed by atoms with van der Waals surface area (Å²) >= 11 is 0. The standard InChI is InChI=1S/C9H11NO.C2H6/c1-6(2)9-7(3)4-8(11)5-10-9;1-2/h4-5,11H,1H2,2-3H3;1-2H3. The maximum atomic E-state index is 9.03. The van der Waals surface area contributed by atoms with E-state index in [2.05, 4.69) is 11.6 Å². The van der Waals surface area contributed by atoms with Crippen molar-refractivity contribution in [3.05, 3.63) is 30.1 Å². The Morgan fingerprint density at radius 2 is 2.00 bits per heavy atom. The van der Waals surface area contributed by atoms with E-state index in [1.807, 2.05) is 27.7 Å². The minimum Gasteiger partial charge on any atom is -0.506 e. The van der Waals surface area contributed by atoms with E-state index in [0.717, 1.165) is 16.8 Å². The maximum Gasteiger partial charge on any atom is 0.134 e. The van der Waals surface area contributed by atoms with Crippen LogP contribution in [0.4, 0.5) is 0 Å². The molecule has 0 atom stereocenters. The topological polar surface area (TPSA) is 33.1 Å². The third-order valence-corrected chi connectivity index (χ3v) is 1.47. The lowest BCUT2D eigenvalue weighted by Gasteiger charge is -2.02. The second-order valence-corrected chi connectivity index (χ2v) is 2.64. The lowest BCUT2D eigenvalue weighted by molar-refractivity contribution is 0.472. The zero-order valence-electron chi connectivity index (χ0n) is 8.76. The highest BCUT2D eigenvalue weighted by atomic mass is 16.3. The number of nitrogens with zero attached hydrogens (tertiary/aromatic N) is 1. The van der Waals surface area contributed by atoms with Crippen molar-refractivity contribution in [3.8, 4) is 5.75 Å². The van der Waals surface area contributed by atoms with Gasteiger partial charge in [-0.25, -0.2) is 0 Å². The van der Waals surface area contributed by atoms with Crippen LogP contribution in [0.3, 0.4) is 0 Å². The minimum atomic E-state index is 0.201. The van der Waals surface area contributed by atoms with Crippen molar-refractivity contribution in [1.29, 1.82) is 0 Å². The molecule has 0 unspecified atom stereocenters. The monoisotopic (exact) mass is 179 g/mol. The molecule has 0 aliphatic rings. The van der Waals surface area contributed by atoms with E-state index in [-0.39, 0.29) is 5.75 Å². The Bertz CT molecular complexity index is 292. The molecule has 2 nitrogen and oxygen atoms in total. The molecule has 0 aromatic carbocycles. The summed E-state index contributed by atoms with van der Waals surface area (Å²) in [6, 6.07) is 1.68. The fraction of sp³-hybridized carbons (Fsp3) is 0.364. The van der Waals surface area contributed by atoms with Crippen LogP contribution in [0, 0.1) is 6.92 Å². The van der Waals surface area contributed by atoms with Gasteiger partial charge in [-0.2, -0.15) is 0 Å². The van der Waals surface area contributed by atoms with Gasteiger partial charge in [0.1, 0.15) is 5.75 Å². The summed E-state index contributed by atoms with van der Waals surface area (Å²) in [6.45, 7) is 11.6. The van der Waals surface area contributed by atoms with Crippen molar-refractivity contribution in [1.82, 2.24) is 4.98 Å². The molecule has 0 saturated heterocycles. The molecule has 0 aliphatic carbocycles. The van der Waals surface area contributed by atoms with Gasteiger partial charge in [-0.05, 0) is 31.1 Å². The van der Waals surface area contributed by atoms with Gasteiger partial charge >= 0.3 is 0 Å². The van der Waals surface area contributed by atoms with Crippen molar-refractivity contribution in [3.63, 3.8) is 0 Å². The average molecular weight is 179 g/mol. The van der Waals surface area contributed by atoms with Crippen LogP contribution in [-0.4, -0.2) is 10.1 Å². The molecule has 0 aliphatic heterocycles. The minimum absolute atomic E-state index is 0.201. The Kier molecular flexibility index (Phi) is 4.82. The van der Waals surface area contributed by atoms with Crippen molar-refractivity contribution in [2.24, 2.45) is 0 Å². The molecule has 1 aromatic heterocycles. The molecule has 1 N–H and O–H groups in total. The van der Waals surface area contributed by atoms with E-state index in [0.29, 0.717) is 0 Å². The van der Waals surface area contributed by atoms with Gasteiger partial charge in [-0.1, -0.05) is 20.4 Å². The smallest absolute Gasteiger partial charge is 0.134 e. The van der Waals surface area contributed by atoms with Crippen LogP contribution in [0.15, 0.2) is 18.8 Å². The number of hydrogen-bond acceptors (Lipinski definition) is 2. The van der Waals surface area contributed by atoms with E-state index in [9.17, 15) is 0 Å². The zero-order valence-corrected chi connectivity index (χ0v) is 8.76. The number of aromatic hydroxyl groups is 1. The van der Waals surface area contributed by atoms with Gasteiger partial charge in [0, 0.05) is 0 Å². The van der Waals surface area contributed by atoms with Gasteiger partial charge < -0.3 is 5.11 Å². The predicted molar refractivity (Wildman–Crippen MR) is 56.7 cm³/mol. The Morgan fingerprint density at radius 3 is 2.38 bits per heavy atom. The summed E-state index contributed by atoms with van der Waals surface area (Å²) in [6.07, 6.45) is 1.43. The van der Waals surface area contributed by atoms with Crippen molar-refractivity contribution in [2.45, 2.75) is 27.7 Å². The third kappa shape index (κ3) is 3.28. The molecule has 72 valence electrons. The van der Waals surface area contributed by atoms with Gasteiger partial charge in [0.25, 0.3) is 0 Å². The second kappa shape index (κ2) is 5.36. The van der Waals surface area contributed by atoms with Crippen LogP contribution in [0.1, 0.15) is 32.0 Å². The molecule has 1 heterocycles. The van der Waals surface area contributed by atoms with Crippen LogP contribution in [-0.2, 0) is 0 Å². The highest BCUT2D eigenvalue weighted by molar-refractivity contribution is 5.61. The fourth-order valence-electron chi connectivity index (χ4n) is 1.01. The van der Waals surface area contributed by atoms with Crippen LogP contribution < -0.4 is 0 Å². The third-order valence-electron chi connectivity index (χ3n) is 1.47. The molecular weight excluding hydrogens is 162 g/mol. The first kappa shape index (κ1) is 11.7. The van der Waals surface area contributed by atoms with E-state index >= 15 is 0 Å². The summed E-state index contributed by atoms with van der Waals surface area (Å²) in [7, 11) is 0. The van der Waals surface area contributed by atoms with E-state index in [1.54, 1.807) is 6.07 Å². The average Bonchev–Trinajstić information content (AvgIpc) is 2.07. The second-order valence-electron chi connectivity index (χ2n) is 2.64. The normalized spacial score (nSPS) is 8.62. The van der Waals surface area contributed by atoms with Crippen LogP contribution >= 0.6 is 0 Å². The summed E-state index contributed by atoms with van der Waals surface area (Å²) in [5.41, 5.74) is 2.74. The lowest BCUT2D eigenvalue weighted by atomic mass is 10.1. The summed E-state index contributed by atoms with van der Waals surface area (Å²) in [4.78, 5) is 4.03. The molecule has 0 saturated carbocycles. The largest absolute Gasteiger partial charge is 0.506 e. The van der Waals surface area contributed by atoms with Crippen LogP contribution in [0.2, 0.25) is 0 Å². The Morgan fingerprint density at radius 1 is 1.46 bits per heavy atom. The van der Waals surface area contributed by atoms with Crippen molar-refractivity contribution >= 4 is 5.57 Å². The molecule has 0 fully saturated rings. The number of hydrogen-bond donors (Lipinski definition) is 1. The highest BCUT2D eigenvalue weighted by Gasteiger charge is 2.00. The molecule has 1 rings (SSSR count). The molecule has 13 heavy (non-hydrogen) atoms. The van der Waals surface area contributed by atoms with Gasteiger partial charge in [0.2, 0.25) is 0 Å². The number of rotatable bonds is 1. The van der Waals surface area contributed by atoms with E-state index in [1.165, 1.54) is 6.20 Å². The van der Waals surface area contributed by atoms with Crippen molar-refractivity contribution < 1.29 is 5.11 Å². The maximum absolute atomic E-state index is 9.03. The van der Waals surface area contributed by atoms with E-state index < -0.39 is 0 Å². The zero-order chi connectivity index (χ0) is 10.4. The number of aryl methyl sites for hydroxylation is 1. The first-order valence-corrected chi connectivity index (χ1v) is 4.42. The van der Waals surface area contributed by atoms with Gasteiger partial charge in [0.05, 0.1) is 11.9 Å². The Hall–Kier alpha value is -1.31. The molecule has 1 aromatic rings. The lowest BCUT2D eigenvalue weighted by Crippen LogP contribution is -1.88. The summed E-state index contributed by atoms with van der Waals surface area (Å²) in [5.74, 6) is 0.201. The Labute approximate surface area is 80.0 Å². The summed E-state index contributed by atoms with van der Waals surface area (Å²) in [5, 5.41) is 9.03. The molecule has 0 radical (unpaired) electrons. The quantitative estimate of drug-likeness (QED) is 0.718. The fourth-order valence-corrected chi connectivity index (χ4v) is 1.01. The molecule has 0 spiro atoms. The van der Waals surface area contributed by atoms with Crippen LogP contribution in [0.5, 0.6) is 5.75 Å². The predicted octanol–water partition coefficient (Wildman–Crippen LogP) is 3.15. The van der Waals surface area contributed by atoms with Gasteiger partial charge in [0.15, 0.2) is 0 Å². The van der Waals surface area contributed by atoms with Crippen molar-refractivity contribution in [2.75, 3.05) is 0 Å². The van der Waals surface area contributed by atoms with E-state index in [4.69, 9.17) is 5.11 Å². The number of pyridine rings is 1. The van der Waals surface area contributed by atoms with Crippen LogP contribution in [0.25, 0.3) is 5.57 Å². The van der Waals surface area contributed by atoms with Gasteiger partial charge in [-0.3, -0.25) is 4.98 Å². The first-order chi connectivity index (χ1) is 6.11. The van der Waals surface area contributed by atoms with Gasteiger partial charge in [-0.15, -0.1) is 0 Å². The Balaban J connectivity index is 0.000000671. The number of allylic oxidation sites excluding steroid dienone is 1. The molecular formula is C11H17NO. The molecule has 0 amide bonds.